The van der Waals surface area contributed by atoms with Crippen molar-refractivity contribution in [1.29, 1.82) is 0 Å². The van der Waals surface area contributed by atoms with Crippen LogP contribution in [0.4, 0.5) is 0 Å². The molecule has 3 heterocycles. The lowest BCUT2D eigenvalue weighted by Gasteiger charge is -2.34. The molecule has 19 heavy (non-hydrogen) atoms. The van der Waals surface area contributed by atoms with Gasteiger partial charge in [0.15, 0.2) is 0 Å². The summed E-state index contributed by atoms with van der Waals surface area (Å²) in [6.07, 6.45) is 1.12. The van der Waals surface area contributed by atoms with Crippen LogP contribution in [0.2, 0.25) is 5.02 Å². The van der Waals surface area contributed by atoms with E-state index >= 15 is 0 Å². The van der Waals surface area contributed by atoms with E-state index in [4.69, 9.17) is 11.6 Å². The standard InChI is InChI=1S/C13H17ClN2OS.ClH/c1-8-7-18-12(11(8)14)13(17)16-3-2-9-4-15-5-10(9)6-16;/h7,9-10,15H,2-6H2,1H3;1H. The van der Waals surface area contributed by atoms with E-state index < -0.39 is 0 Å². The predicted molar refractivity (Wildman–Crippen MR) is 81.7 cm³/mol. The molecule has 2 fully saturated rings. The molecule has 1 amide bonds. The molecule has 3 rings (SSSR count). The zero-order valence-corrected chi connectivity index (χ0v) is 13.2. The summed E-state index contributed by atoms with van der Waals surface area (Å²) in [6.45, 7) is 5.86. The number of halogens is 2. The monoisotopic (exact) mass is 320 g/mol. The van der Waals surface area contributed by atoms with Gasteiger partial charge < -0.3 is 10.2 Å². The number of piperidine rings is 1. The maximum Gasteiger partial charge on any atom is 0.265 e. The normalized spacial score (nSPS) is 25.9. The predicted octanol–water partition coefficient (Wildman–Crippen LogP) is 2.81. The molecule has 1 N–H and O–H groups in total. The third kappa shape index (κ3) is 2.77. The van der Waals surface area contributed by atoms with E-state index in [1.165, 1.54) is 11.3 Å². The number of hydrogen-bond donors (Lipinski definition) is 1. The van der Waals surface area contributed by atoms with Crippen LogP contribution >= 0.6 is 35.3 Å². The minimum atomic E-state index is 0. The Bertz CT molecular complexity index is 477. The number of nitrogens with one attached hydrogen (secondary N) is 1. The second-order valence-electron chi connectivity index (χ2n) is 5.28. The summed E-state index contributed by atoms with van der Waals surface area (Å²) in [5, 5.41) is 6.01. The molecule has 2 saturated heterocycles. The van der Waals surface area contributed by atoms with Crippen molar-refractivity contribution in [2.45, 2.75) is 13.3 Å². The summed E-state index contributed by atoms with van der Waals surface area (Å²) >= 11 is 7.65. The first-order valence-electron chi connectivity index (χ1n) is 6.40. The third-order valence-corrected chi connectivity index (χ3v) is 5.77. The third-order valence-electron chi connectivity index (χ3n) is 4.08. The fraction of sp³-hybridized carbons (Fsp3) is 0.615. The van der Waals surface area contributed by atoms with Crippen LogP contribution in [0.1, 0.15) is 21.7 Å². The fourth-order valence-corrected chi connectivity index (χ4v) is 4.18. The van der Waals surface area contributed by atoms with Gasteiger partial charge in [0, 0.05) is 13.1 Å². The van der Waals surface area contributed by atoms with E-state index in [9.17, 15) is 4.79 Å². The van der Waals surface area contributed by atoms with Gasteiger partial charge in [-0.2, -0.15) is 0 Å². The Morgan fingerprint density at radius 2 is 2.21 bits per heavy atom. The maximum atomic E-state index is 12.5. The Morgan fingerprint density at radius 3 is 2.89 bits per heavy atom. The Morgan fingerprint density at radius 1 is 1.47 bits per heavy atom. The lowest BCUT2D eigenvalue weighted by atomic mass is 9.88. The molecule has 3 nitrogen and oxygen atoms in total. The van der Waals surface area contributed by atoms with Crippen molar-refractivity contribution in [2.24, 2.45) is 11.8 Å². The lowest BCUT2D eigenvalue weighted by Crippen LogP contribution is -2.43. The average Bonchev–Trinajstić information content (AvgIpc) is 2.96. The van der Waals surface area contributed by atoms with Crippen LogP contribution in [0.15, 0.2) is 5.38 Å². The van der Waals surface area contributed by atoms with Crippen LogP contribution in [-0.2, 0) is 0 Å². The van der Waals surface area contributed by atoms with Crippen molar-refractivity contribution in [3.63, 3.8) is 0 Å². The van der Waals surface area contributed by atoms with E-state index in [0.29, 0.717) is 15.8 Å². The molecule has 0 bridgehead atoms. The van der Waals surface area contributed by atoms with Gasteiger partial charge >= 0.3 is 0 Å². The van der Waals surface area contributed by atoms with Gasteiger partial charge in [0.2, 0.25) is 0 Å². The van der Waals surface area contributed by atoms with Crippen LogP contribution in [0, 0.1) is 18.8 Å². The Kier molecular flexibility index (Phi) is 4.77. The molecule has 0 aromatic carbocycles. The van der Waals surface area contributed by atoms with Gasteiger partial charge in [0.05, 0.1) is 5.02 Å². The molecule has 0 aliphatic carbocycles. The molecule has 106 valence electrons. The summed E-state index contributed by atoms with van der Waals surface area (Å²) in [7, 11) is 0. The number of likely N-dealkylation sites (tertiary alicyclic amines) is 1. The molecular formula is C13H18Cl2N2OS. The Balaban J connectivity index is 0.00000133. The number of rotatable bonds is 1. The number of aryl methyl sites for hydroxylation is 1. The molecule has 0 spiro atoms. The summed E-state index contributed by atoms with van der Waals surface area (Å²) in [5.74, 6) is 1.50. The van der Waals surface area contributed by atoms with Crippen molar-refractivity contribution >= 4 is 41.3 Å². The summed E-state index contributed by atoms with van der Waals surface area (Å²) in [6, 6.07) is 0. The molecule has 1 aromatic heterocycles. The highest BCUT2D eigenvalue weighted by Crippen LogP contribution is 2.31. The maximum absolute atomic E-state index is 12.5. The molecule has 0 saturated carbocycles. The molecule has 6 heteroatoms. The molecule has 2 unspecified atom stereocenters. The van der Waals surface area contributed by atoms with Gasteiger partial charge in [-0.25, -0.2) is 0 Å². The number of thiophene rings is 1. The Hall–Kier alpha value is -0.290. The van der Waals surface area contributed by atoms with Crippen LogP contribution in [-0.4, -0.2) is 37.0 Å². The number of hydrogen-bond acceptors (Lipinski definition) is 3. The minimum Gasteiger partial charge on any atom is -0.338 e. The van der Waals surface area contributed by atoms with Gasteiger partial charge in [-0.1, -0.05) is 11.6 Å². The highest BCUT2D eigenvalue weighted by molar-refractivity contribution is 7.13. The fourth-order valence-electron chi connectivity index (χ4n) is 2.94. The van der Waals surface area contributed by atoms with Gasteiger partial charge in [-0.15, -0.1) is 23.7 Å². The zero-order valence-electron chi connectivity index (χ0n) is 10.8. The minimum absolute atomic E-state index is 0. The van der Waals surface area contributed by atoms with Gasteiger partial charge in [0.1, 0.15) is 4.88 Å². The van der Waals surface area contributed by atoms with Crippen LogP contribution in [0.5, 0.6) is 0 Å². The number of amides is 1. The van der Waals surface area contributed by atoms with Crippen molar-refractivity contribution in [2.75, 3.05) is 26.2 Å². The van der Waals surface area contributed by atoms with Gasteiger partial charge in [-0.3, -0.25) is 4.79 Å². The first-order valence-corrected chi connectivity index (χ1v) is 7.66. The molecule has 2 aliphatic rings. The first kappa shape index (κ1) is 15.1. The lowest BCUT2D eigenvalue weighted by molar-refractivity contribution is 0.0647. The Labute approximate surface area is 128 Å². The van der Waals surface area contributed by atoms with Crippen molar-refractivity contribution in [1.82, 2.24) is 10.2 Å². The van der Waals surface area contributed by atoms with E-state index in [-0.39, 0.29) is 18.3 Å². The number of fused-ring (bicyclic) bond motifs is 1. The number of carbonyl (C=O) groups is 1. The summed E-state index contributed by atoms with van der Waals surface area (Å²) in [5.41, 5.74) is 1.00. The highest BCUT2D eigenvalue weighted by atomic mass is 35.5. The van der Waals surface area contributed by atoms with E-state index in [1.807, 2.05) is 17.2 Å². The van der Waals surface area contributed by atoms with E-state index in [1.54, 1.807) is 0 Å². The second-order valence-corrected chi connectivity index (χ2v) is 6.54. The topological polar surface area (TPSA) is 32.3 Å². The summed E-state index contributed by atoms with van der Waals surface area (Å²) < 4.78 is 0. The quantitative estimate of drug-likeness (QED) is 0.863. The van der Waals surface area contributed by atoms with E-state index in [2.05, 4.69) is 5.32 Å². The molecular weight excluding hydrogens is 303 g/mol. The van der Waals surface area contributed by atoms with Crippen molar-refractivity contribution in [3.8, 4) is 0 Å². The first-order chi connectivity index (χ1) is 8.66. The largest absolute Gasteiger partial charge is 0.338 e. The molecule has 0 radical (unpaired) electrons. The van der Waals surface area contributed by atoms with Gasteiger partial charge in [0.25, 0.3) is 5.91 Å². The second kappa shape index (κ2) is 6.00. The number of carbonyl (C=O) groups excluding carboxylic acids is 1. The van der Waals surface area contributed by atoms with Crippen LogP contribution in [0.3, 0.4) is 0 Å². The van der Waals surface area contributed by atoms with Crippen LogP contribution < -0.4 is 5.32 Å². The van der Waals surface area contributed by atoms with E-state index in [0.717, 1.165) is 44.1 Å². The zero-order chi connectivity index (χ0) is 12.7. The van der Waals surface area contributed by atoms with Crippen molar-refractivity contribution in [3.05, 3.63) is 20.8 Å². The van der Waals surface area contributed by atoms with Crippen LogP contribution in [0.25, 0.3) is 0 Å². The smallest absolute Gasteiger partial charge is 0.265 e. The average molecular weight is 321 g/mol. The highest BCUT2D eigenvalue weighted by Gasteiger charge is 2.35. The molecule has 1 aromatic rings. The molecule has 2 aliphatic heterocycles. The number of nitrogens with zero attached hydrogens (tertiary/aromatic N) is 1. The molecule has 2 atom stereocenters. The van der Waals surface area contributed by atoms with Crippen molar-refractivity contribution < 1.29 is 4.79 Å². The SMILES string of the molecule is Cc1csc(C(=O)N2CCC3CNCC3C2)c1Cl.Cl. The van der Waals surface area contributed by atoms with Gasteiger partial charge in [-0.05, 0) is 49.2 Å². The summed E-state index contributed by atoms with van der Waals surface area (Å²) in [4.78, 5) is 15.1.